The molecule has 0 radical (unpaired) electrons. The minimum Gasteiger partial charge on any atom is -0.497 e. The van der Waals surface area contributed by atoms with Crippen molar-refractivity contribution in [3.63, 3.8) is 0 Å². The van der Waals surface area contributed by atoms with E-state index in [4.69, 9.17) is 4.74 Å². The number of thioether (sulfide) groups is 1. The van der Waals surface area contributed by atoms with Gasteiger partial charge in [-0.3, -0.25) is 9.36 Å². The van der Waals surface area contributed by atoms with E-state index in [-0.39, 0.29) is 5.91 Å². The van der Waals surface area contributed by atoms with E-state index >= 15 is 0 Å². The average molecular weight is 438 g/mol. The van der Waals surface area contributed by atoms with Crippen LogP contribution in [0.2, 0.25) is 0 Å². The standard InChI is InChI=1S/C23H27N5O2S/c1-3-26-13-15-27(16-14-26)21(29)17-31-23-25-24-22(18-9-11-20(30-2)12-10-18)28(23)19-7-5-4-6-8-19/h4-12H,3,13-17H2,1-2H3. The van der Waals surface area contributed by atoms with Crippen molar-refractivity contribution >= 4 is 17.7 Å². The Balaban J connectivity index is 1.55. The molecule has 0 saturated carbocycles. The molecular weight excluding hydrogens is 410 g/mol. The fourth-order valence-electron chi connectivity index (χ4n) is 3.63. The predicted molar refractivity (Wildman–Crippen MR) is 123 cm³/mol. The zero-order valence-corrected chi connectivity index (χ0v) is 18.7. The highest BCUT2D eigenvalue weighted by Crippen LogP contribution is 2.29. The Morgan fingerprint density at radius 2 is 1.71 bits per heavy atom. The van der Waals surface area contributed by atoms with Gasteiger partial charge in [0.05, 0.1) is 12.9 Å². The van der Waals surface area contributed by atoms with Crippen molar-refractivity contribution in [1.29, 1.82) is 0 Å². The van der Waals surface area contributed by atoms with Gasteiger partial charge in [-0.05, 0) is 42.9 Å². The minimum atomic E-state index is 0.148. The van der Waals surface area contributed by atoms with Crippen molar-refractivity contribution < 1.29 is 9.53 Å². The van der Waals surface area contributed by atoms with Gasteiger partial charge < -0.3 is 14.5 Å². The molecule has 0 atom stereocenters. The summed E-state index contributed by atoms with van der Waals surface area (Å²) in [5.41, 5.74) is 1.90. The van der Waals surface area contributed by atoms with Gasteiger partial charge in [-0.1, -0.05) is 36.9 Å². The van der Waals surface area contributed by atoms with Crippen LogP contribution in [0.25, 0.3) is 17.1 Å². The van der Waals surface area contributed by atoms with E-state index in [9.17, 15) is 4.79 Å². The summed E-state index contributed by atoms with van der Waals surface area (Å²) in [5.74, 6) is 2.02. The first-order valence-corrected chi connectivity index (χ1v) is 11.5. The second-order valence-corrected chi connectivity index (χ2v) is 8.25. The lowest BCUT2D eigenvalue weighted by Crippen LogP contribution is -2.49. The smallest absolute Gasteiger partial charge is 0.233 e. The number of hydrogen-bond donors (Lipinski definition) is 0. The Labute approximate surface area is 187 Å². The van der Waals surface area contributed by atoms with Gasteiger partial charge in [-0.15, -0.1) is 10.2 Å². The zero-order chi connectivity index (χ0) is 21.6. The number of likely N-dealkylation sites (N-methyl/N-ethyl adjacent to an activating group) is 1. The number of nitrogens with zero attached hydrogens (tertiary/aromatic N) is 5. The number of carbonyl (C=O) groups excluding carboxylic acids is 1. The second kappa shape index (κ2) is 9.98. The highest BCUT2D eigenvalue weighted by Gasteiger charge is 2.22. The van der Waals surface area contributed by atoms with Gasteiger partial charge in [0, 0.05) is 37.4 Å². The summed E-state index contributed by atoms with van der Waals surface area (Å²) in [6.07, 6.45) is 0. The van der Waals surface area contributed by atoms with Gasteiger partial charge in [0.15, 0.2) is 11.0 Å². The molecule has 8 heteroatoms. The molecule has 1 amide bonds. The molecule has 1 aromatic heterocycles. The fourth-order valence-corrected chi connectivity index (χ4v) is 4.49. The number of carbonyl (C=O) groups is 1. The first-order valence-electron chi connectivity index (χ1n) is 10.5. The van der Waals surface area contributed by atoms with Crippen LogP contribution in [0.15, 0.2) is 59.8 Å². The monoisotopic (exact) mass is 437 g/mol. The molecular formula is C23H27N5O2S. The number of benzene rings is 2. The normalized spacial score (nSPS) is 14.6. The number of hydrogen-bond acceptors (Lipinski definition) is 6. The molecule has 7 nitrogen and oxygen atoms in total. The Morgan fingerprint density at radius 3 is 2.35 bits per heavy atom. The molecule has 0 bridgehead atoms. The largest absolute Gasteiger partial charge is 0.497 e. The molecule has 1 aliphatic heterocycles. The molecule has 1 fully saturated rings. The van der Waals surface area contributed by atoms with Crippen molar-refractivity contribution in [3.05, 3.63) is 54.6 Å². The van der Waals surface area contributed by atoms with E-state index in [0.29, 0.717) is 10.9 Å². The van der Waals surface area contributed by atoms with Gasteiger partial charge in [-0.25, -0.2) is 0 Å². The molecule has 2 aromatic carbocycles. The molecule has 3 aromatic rings. The minimum absolute atomic E-state index is 0.148. The summed E-state index contributed by atoms with van der Waals surface area (Å²) in [6, 6.07) is 17.7. The third-order valence-electron chi connectivity index (χ3n) is 5.49. The lowest BCUT2D eigenvalue weighted by Gasteiger charge is -2.34. The van der Waals surface area contributed by atoms with E-state index in [1.807, 2.05) is 64.1 Å². The predicted octanol–water partition coefficient (Wildman–Crippen LogP) is 3.20. The summed E-state index contributed by atoms with van der Waals surface area (Å²) < 4.78 is 7.28. The number of para-hydroxylation sites is 1. The van der Waals surface area contributed by atoms with Crippen LogP contribution < -0.4 is 4.74 Å². The van der Waals surface area contributed by atoms with Gasteiger partial charge in [0.2, 0.25) is 5.91 Å². The highest BCUT2D eigenvalue weighted by atomic mass is 32.2. The second-order valence-electron chi connectivity index (χ2n) is 7.31. The van der Waals surface area contributed by atoms with Gasteiger partial charge in [0.1, 0.15) is 5.75 Å². The van der Waals surface area contributed by atoms with E-state index in [2.05, 4.69) is 22.0 Å². The Hall–Kier alpha value is -2.84. The van der Waals surface area contributed by atoms with Crippen LogP contribution in [0.5, 0.6) is 5.75 Å². The van der Waals surface area contributed by atoms with Gasteiger partial charge >= 0.3 is 0 Å². The molecule has 0 unspecified atom stereocenters. The molecule has 162 valence electrons. The van der Waals surface area contributed by atoms with Crippen molar-refractivity contribution in [1.82, 2.24) is 24.6 Å². The van der Waals surface area contributed by atoms with Crippen LogP contribution in [0.1, 0.15) is 6.92 Å². The van der Waals surface area contributed by atoms with Crippen molar-refractivity contribution in [3.8, 4) is 22.8 Å². The van der Waals surface area contributed by atoms with Crippen LogP contribution in [0.4, 0.5) is 0 Å². The first-order chi connectivity index (χ1) is 15.2. The average Bonchev–Trinajstić information content (AvgIpc) is 3.27. The van der Waals surface area contributed by atoms with Crippen LogP contribution in [0, 0.1) is 0 Å². The summed E-state index contributed by atoms with van der Waals surface area (Å²) in [7, 11) is 1.65. The summed E-state index contributed by atoms with van der Waals surface area (Å²) in [4.78, 5) is 17.1. The van der Waals surface area contributed by atoms with Crippen LogP contribution >= 0.6 is 11.8 Å². The molecule has 1 aliphatic rings. The highest BCUT2D eigenvalue weighted by molar-refractivity contribution is 7.99. The number of methoxy groups -OCH3 is 1. The maximum atomic E-state index is 12.8. The van der Waals surface area contributed by atoms with Gasteiger partial charge in [-0.2, -0.15) is 0 Å². The Kier molecular flexibility index (Phi) is 6.89. The zero-order valence-electron chi connectivity index (χ0n) is 17.9. The molecule has 31 heavy (non-hydrogen) atoms. The van der Waals surface area contributed by atoms with Crippen molar-refractivity contribution in [2.45, 2.75) is 12.1 Å². The van der Waals surface area contributed by atoms with E-state index in [0.717, 1.165) is 55.5 Å². The quantitative estimate of drug-likeness (QED) is 0.529. The Bertz CT molecular complexity index is 999. The van der Waals surface area contributed by atoms with E-state index in [1.165, 1.54) is 11.8 Å². The van der Waals surface area contributed by atoms with E-state index in [1.54, 1.807) is 7.11 Å². The van der Waals surface area contributed by atoms with Crippen LogP contribution in [0.3, 0.4) is 0 Å². The van der Waals surface area contributed by atoms with Gasteiger partial charge in [0.25, 0.3) is 0 Å². The summed E-state index contributed by atoms with van der Waals surface area (Å²) >= 11 is 1.43. The third kappa shape index (κ3) is 4.91. The van der Waals surface area contributed by atoms with E-state index < -0.39 is 0 Å². The van der Waals surface area contributed by atoms with Crippen LogP contribution in [-0.4, -0.2) is 76.1 Å². The molecule has 2 heterocycles. The Morgan fingerprint density at radius 1 is 1.00 bits per heavy atom. The summed E-state index contributed by atoms with van der Waals surface area (Å²) in [5, 5.41) is 9.58. The lowest BCUT2D eigenvalue weighted by atomic mass is 10.2. The van der Waals surface area contributed by atoms with Crippen LogP contribution in [-0.2, 0) is 4.79 Å². The maximum absolute atomic E-state index is 12.8. The van der Waals surface area contributed by atoms with Crippen molar-refractivity contribution in [2.75, 3.05) is 45.6 Å². The maximum Gasteiger partial charge on any atom is 0.233 e. The SMILES string of the molecule is CCN1CCN(C(=O)CSc2nnc(-c3ccc(OC)cc3)n2-c2ccccc2)CC1. The number of piperazine rings is 1. The number of ether oxygens (including phenoxy) is 1. The molecule has 0 spiro atoms. The topological polar surface area (TPSA) is 63.5 Å². The first kappa shape index (κ1) is 21.4. The third-order valence-corrected chi connectivity index (χ3v) is 6.41. The molecule has 0 N–H and O–H groups in total. The van der Waals surface area contributed by atoms with Crippen molar-refractivity contribution in [2.24, 2.45) is 0 Å². The number of amides is 1. The molecule has 4 rings (SSSR count). The number of aromatic nitrogens is 3. The number of rotatable bonds is 7. The lowest BCUT2D eigenvalue weighted by molar-refractivity contribution is -0.130. The summed E-state index contributed by atoms with van der Waals surface area (Å²) in [6.45, 7) is 6.64. The fraction of sp³-hybridized carbons (Fsp3) is 0.348. The molecule has 1 saturated heterocycles. The molecule has 0 aliphatic carbocycles.